The van der Waals surface area contributed by atoms with E-state index in [1.54, 1.807) is 0 Å². The van der Waals surface area contributed by atoms with Crippen LogP contribution in [0.4, 0.5) is 0 Å². The van der Waals surface area contributed by atoms with E-state index in [0.717, 1.165) is 19.3 Å². The smallest absolute Gasteiger partial charge is 0.220 e. The van der Waals surface area contributed by atoms with Crippen LogP contribution in [0, 0.1) is 0 Å². The molecule has 1 rings (SSSR count). The lowest BCUT2D eigenvalue weighted by molar-refractivity contribution is -0.122. The highest BCUT2D eigenvalue weighted by Crippen LogP contribution is 2.13. The Hall–Kier alpha value is -0.530. The first kappa shape index (κ1) is 11.5. The first-order valence-corrected chi connectivity index (χ1v) is 6.12. The number of carbonyl (C=O) groups excluding carboxylic acids is 1. The summed E-state index contributed by atoms with van der Waals surface area (Å²) in [5.74, 6) is 0.263. The largest absolute Gasteiger partial charge is 0.353 e. The molecule has 0 bridgehead atoms. The Morgan fingerprint density at radius 3 is 2.50 bits per heavy atom. The van der Waals surface area contributed by atoms with Crippen molar-refractivity contribution in [2.75, 3.05) is 0 Å². The maximum absolute atomic E-state index is 11.5. The van der Waals surface area contributed by atoms with E-state index < -0.39 is 0 Å². The Morgan fingerprint density at radius 1 is 1.14 bits per heavy atom. The second-order valence-electron chi connectivity index (χ2n) is 4.33. The zero-order chi connectivity index (χ0) is 10.2. The number of rotatable bonds is 1. The predicted octanol–water partition coefficient (Wildman–Crippen LogP) is 3.02. The van der Waals surface area contributed by atoms with Crippen molar-refractivity contribution in [1.82, 2.24) is 5.32 Å². The molecule has 0 spiro atoms. The van der Waals surface area contributed by atoms with Crippen LogP contribution in [0.3, 0.4) is 0 Å². The molecular formula is C12H23NO. The monoisotopic (exact) mass is 197 g/mol. The standard InChI is InChI=1S/C12H23NO/c1-2-11-9-7-5-3-4-6-8-10-12(14)13-11/h11H,2-10H2,1H3,(H,13,14). The molecule has 82 valence electrons. The summed E-state index contributed by atoms with van der Waals surface area (Å²) in [5, 5.41) is 3.13. The highest BCUT2D eigenvalue weighted by Gasteiger charge is 2.10. The van der Waals surface area contributed by atoms with Gasteiger partial charge in [-0.1, -0.05) is 39.0 Å². The molecule has 14 heavy (non-hydrogen) atoms. The molecule has 2 nitrogen and oxygen atoms in total. The van der Waals surface area contributed by atoms with Crippen LogP contribution in [0.15, 0.2) is 0 Å². The zero-order valence-corrected chi connectivity index (χ0v) is 9.35. The van der Waals surface area contributed by atoms with Crippen LogP contribution in [-0.2, 0) is 4.79 Å². The minimum Gasteiger partial charge on any atom is -0.353 e. The van der Waals surface area contributed by atoms with E-state index in [4.69, 9.17) is 0 Å². The van der Waals surface area contributed by atoms with Gasteiger partial charge in [0.2, 0.25) is 5.91 Å². The van der Waals surface area contributed by atoms with E-state index in [0.29, 0.717) is 6.04 Å². The molecule has 0 radical (unpaired) electrons. The van der Waals surface area contributed by atoms with Crippen LogP contribution in [0.25, 0.3) is 0 Å². The van der Waals surface area contributed by atoms with Crippen molar-refractivity contribution in [3.63, 3.8) is 0 Å². The van der Waals surface area contributed by atoms with Crippen LogP contribution in [0.5, 0.6) is 0 Å². The average molecular weight is 197 g/mol. The number of nitrogens with one attached hydrogen (secondary N) is 1. The molecule has 0 aromatic heterocycles. The fourth-order valence-corrected chi connectivity index (χ4v) is 2.06. The molecule has 1 N–H and O–H groups in total. The van der Waals surface area contributed by atoms with Crippen LogP contribution >= 0.6 is 0 Å². The summed E-state index contributed by atoms with van der Waals surface area (Å²) in [4.78, 5) is 11.5. The minimum absolute atomic E-state index is 0.263. The molecule has 2 heteroatoms. The Balaban J connectivity index is 2.35. The molecule has 0 saturated carbocycles. The van der Waals surface area contributed by atoms with Crippen molar-refractivity contribution in [2.24, 2.45) is 0 Å². The number of hydrogen-bond acceptors (Lipinski definition) is 1. The molecule has 1 saturated heterocycles. The van der Waals surface area contributed by atoms with E-state index in [9.17, 15) is 4.79 Å². The molecule has 1 atom stereocenters. The van der Waals surface area contributed by atoms with E-state index in [2.05, 4.69) is 12.2 Å². The van der Waals surface area contributed by atoms with E-state index >= 15 is 0 Å². The van der Waals surface area contributed by atoms with Gasteiger partial charge in [0.1, 0.15) is 0 Å². The third-order valence-corrected chi connectivity index (χ3v) is 3.06. The summed E-state index contributed by atoms with van der Waals surface area (Å²) in [6.45, 7) is 2.16. The lowest BCUT2D eigenvalue weighted by Gasteiger charge is -2.16. The van der Waals surface area contributed by atoms with Crippen LogP contribution in [-0.4, -0.2) is 11.9 Å². The maximum atomic E-state index is 11.5. The Bertz CT molecular complexity index is 168. The lowest BCUT2D eigenvalue weighted by atomic mass is 10.0. The van der Waals surface area contributed by atoms with Gasteiger partial charge in [0, 0.05) is 12.5 Å². The number of hydrogen-bond donors (Lipinski definition) is 1. The Morgan fingerprint density at radius 2 is 1.79 bits per heavy atom. The van der Waals surface area contributed by atoms with Gasteiger partial charge >= 0.3 is 0 Å². The van der Waals surface area contributed by atoms with Gasteiger partial charge in [0.15, 0.2) is 0 Å². The average Bonchev–Trinajstić information content (AvgIpc) is 2.23. The minimum atomic E-state index is 0.263. The summed E-state index contributed by atoms with van der Waals surface area (Å²) in [6, 6.07) is 0.431. The summed E-state index contributed by atoms with van der Waals surface area (Å²) in [6.07, 6.45) is 10.6. The third-order valence-electron chi connectivity index (χ3n) is 3.06. The third kappa shape index (κ3) is 4.64. The molecule has 1 fully saturated rings. The summed E-state index contributed by atoms with van der Waals surface area (Å²) < 4.78 is 0. The van der Waals surface area contributed by atoms with Gasteiger partial charge in [-0.3, -0.25) is 4.79 Å². The second-order valence-corrected chi connectivity index (χ2v) is 4.33. The van der Waals surface area contributed by atoms with Crippen LogP contribution < -0.4 is 5.32 Å². The van der Waals surface area contributed by atoms with Crippen LogP contribution in [0.2, 0.25) is 0 Å². The van der Waals surface area contributed by atoms with Gasteiger partial charge < -0.3 is 5.32 Å². The van der Waals surface area contributed by atoms with E-state index in [-0.39, 0.29) is 5.91 Å². The molecule has 1 aliphatic heterocycles. The molecular weight excluding hydrogens is 174 g/mol. The molecule has 1 unspecified atom stereocenters. The van der Waals surface area contributed by atoms with Crippen molar-refractivity contribution in [3.05, 3.63) is 0 Å². The Kier molecular flexibility index (Phi) is 5.65. The first-order chi connectivity index (χ1) is 6.83. The summed E-state index contributed by atoms with van der Waals surface area (Å²) >= 11 is 0. The zero-order valence-electron chi connectivity index (χ0n) is 9.35. The van der Waals surface area contributed by atoms with E-state index in [1.165, 1.54) is 38.5 Å². The second kappa shape index (κ2) is 6.86. The molecule has 0 aliphatic carbocycles. The molecule has 0 aromatic carbocycles. The fraction of sp³-hybridized carbons (Fsp3) is 0.917. The highest BCUT2D eigenvalue weighted by atomic mass is 16.1. The predicted molar refractivity (Wildman–Crippen MR) is 59.2 cm³/mol. The normalized spacial score (nSPS) is 26.4. The first-order valence-electron chi connectivity index (χ1n) is 6.12. The number of carbonyl (C=O) groups is 1. The van der Waals surface area contributed by atoms with Crippen molar-refractivity contribution in [1.29, 1.82) is 0 Å². The topological polar surface area (TPSA) is 29.1 Å². The maximum Gasteiger partial charge on any atom is 0.220 e. The van der Waals surface area contributed by atoms with Crippen molar-refractivity contribution >= 4 is 5.91 Å². The van der Waals surface area contributed by atoms with E-state index in [1.807, 2.05) is 0 Å². The molecule has 0 aromatic rings. The quantitative estimate of drug-likeness (QED) is 0.688. The SMILES string of the molecule is CCC1CCCCCCCCC(=O)N1. The van der Waals surface area contributed by atoms with Gasteiger partial charge in [-0.15, -0.1) is 0 Å². The molecule has 1 aliphatic rings. The van der Waals surface area contributed by atoms with Gasteiger partial charge in [-0.2, -0.15) is 0 Å². The fourth-order valence-electron chi connectivity index (χ4n) is 2.06. The lowest BCUT2D eigenvalue weighted by Crippen LogP contribution is -2.34. The Labute approximate surface area is 87.5 Å². The van der Waals surface area contributed by atoms with Gasteiger partial charge in [0.05, 0.1) is 0 Å². The van der Waals surface area contributed by atoms with Crippen LogP contribution in [0.1, 0.15) is 64.7 Å². The van der Waals surface area contributed by atoms with Crippen molar-refractivity contribution in [3.8, 4) is 0 Å². The highest BCUT2D eigenvalue weighted by molar-refractivity contribution is 5.76. The van der Waals surface area contributed by atoms with Crippen molar-refractivity contribution in [2.45, 2.75) is 70.8 Å². The van der Waals surface area contributed by atoms with Gasteiger partial charge in [-0.25, -0.2) is 0 Å². The molecule has 1 heterocycles. The van der Waals surface area contributed by atoms with Gasteiger partial charge in [0.25, 0.3) is 0 Å². The number of amides is 1. The van der Waals surface area contributed by atoms with Crippen molar-refractivity contribution < 1.29 is 4.79 Å². The summed E-state index contributed by atoms with van der Waals surface area (Å²) in [5.41, 5.74) is 0. The van der Waals surface area contributed by atoms with Gasteiger partial charge in [-0.05, 0) is 19.3 Å². The summed E-state index contributed by atoms with van der Waals surface area (Å²) in [7, 11) is 0. The molecule has 1 amide bonds.